The maximum absolute atomic E-state index is 11.8. The number of hydrogen-bond acceptors (Lipinski definition) is 3. The van der Waals surface area contributed by atoms with Crippen LogP contribution in [0.2, 0.25) is 0 Å². The Hall–Kier alpha value is -0.910. The van der Waals surface area contributed by atoms with Gasteiger partial charge in [0.15, 0.2) is 0 Å². The molecule has 0 aliphatic carbocycles. The molecule has 0 radical (unpaired) electrons. The van der Waals surface area contributed by atoms with Gasteiger partial charge in [0.2, 0.25) is 0 Å². The van der Waals surface area contributed by atoms with Gasteiger partial charge >= 0.3 is 12.0 Å². The van der Waals surface area contributed by atoms with Crippen LogP contribution in [0.3, 0.4) is 0 Å². The molecule has 0 spiro atoms. The predicted molar refractivity (Wildman–Crippen MR) is 63.8 cm³/mol. The van der Waals surface area contributed by atoms with Crippen molar-refractivity contribution in [1.82, 2.24) is 10.2 Å². The molecule has 16 heavy (non-hydrogen) atoms. The maximum atomic E-state index is 11.8. The molecule has 0 saturated carbocycles. The predicted octanol–water partition coefficient (Wildman–Crippen LogP) is 0.998. The fourth-order valence-electron chi connectivity index (χ4n) is 1.37. The van der Waals surface area contributed by atoms with E-state index in [9.17, 15) is 9.59 Å². The third-order valence-corrected chi connectivity index (χ3v) is 3.80. The highest BCUT2D eigenvalue weighted by Crippen LogP contribution is 2.13. The van der Waals surface area contributed by atoms with Crippen molar-refractivity contribution in [1.29, 1.82) is 0 Å². The minimum Gasteiger partial charge on any atom is -0.480 e. The van der Waals surface area contributed by atoms with Gasteiger partial charge in [-0.2, -0.15) is 11.8 Å². The van der Waals surface area contributed by atoms with Crippen LogP contribution in [0.15, 0.2) is 0 Å². The monoisotopic (exact) mass is 246 g/mol. The van der Waals surface area contributed by atoms with Gasteiger partial charge in [-0.1, -0.05) is 6.92 Å². The molecule has 2 N–H and O–H groups in total. The van der Waals surface area contributed by atoms with Crippen molar-refractivity contribution >= 4 is 23.8 Å². The number of aliphatic carboxylic acids is 1. The number of urea groups is 1. The molecule has 0 aromatic heterocycles. The van der Waals surface area contributed by atoms with E-state index in [0.717, 1.165) is 11.5 Å². The number of carboxylic acids is 1. The minimum atomic E-state index is -1.17. The van der Waals surface area contributed by atoms with Crippen LogP contribution in [0.25, 0.3) is 0 Å². The lowest BCUT2D eigenvalue weighted by molar-refractivity contribution is -0.143. The van der Waals surface area contributed by atoms with Crippen LogP contribution in [-0.2, 0) is 4.79 Å². The number of carbonyl (C=O) groups is 2. The van der Waals surface area contributed by atoms with Gasteiger partial charge in [0.1, 0.15) is 5.54 Å². The Morgan fingerprint density at radius 2 is 2.00 bits per heavy atom. The van der Waals surface area contributed by atoms with Crippen molar-refractivity contribution in [3.63, 3.8) is 0 Å². The summed E-state index contributed by atoms with van der Waals surface area (Å²) in [7, 11) is 0. The van der Waals surface area contributed by atoms with Crippen LogP contribution >= 0.6 is 11.8 Å². The van der Waals surface area contributed by atoms with E-state index >= 15 is 0 Å². The summed E-state index contributed by atoms with van der Waals surface area (Å²) in [6.07, 6.45) is 0.372. The lowest BCUT2D eigenvalue weighted by atomic mass is 10.00. The molecule has 6 heteroatoms. The zero-order valence-corrected chi connectivity index (χ0v) is 10.5. The first-order valence-corrected chi connectivity index (χ1v) is 6.53. The number of carboxylic acid groups (broad SMARTS) is 1. The fourth-order valence-corrected chi connectivity index (χ4v) is 2.28. The topological polar surface area (TPSA) is 69.6 Å². The van der Waals surface area contributed by atoms with E-state index in [1.807, 2.05) is 11.8 Å². The van der Waals surface area contributed by atoms with E-state index in [-0.39, 0.29) is 6.03 Å². The maximum Gasteiger partial charge on any atom is 0.329 e. The second kappa shape index (κ2) is 5.43. The number of amides is 2. The first-order valence-electron chi connectivity index (χ1n) is 5.38. The molecule has 0 aromatic carbocycles. The van der Waals surface area contributed by atoms with Gasteiger partial charge in [0, 0.05) is 24.6 Å². The number of nitrogens with zero attached hydrogens (tertiary/aromatic N) is 1. The van der Waals surface area contributed by atoms with Crippen molar-refractivity contribution in [2.45, 2.75) is 25.8 Å². The molecule has 0 aromatic rings. The van der Waals surface area contributed by atoms with Crippen molar-refractivity contribution in [3.05, 3.63) is 0 Å². The lowest BCUT2D eigenvalue weighted by Crippen LogP contribution is -2.56. The zero-order chi connectivity index (χ0) is 12.2. The minimum absolute atomic E-state index is 0.271. The van der Waals surface area contributed by atoms with E-state index in [1.54, 1.807) is 11.8 Å². The van der Waals surface area contributed by atoms with Crippen molar-refractivity contribution in [2.75, 3.05) is 24.6 Å². The highest BCUT2D eigenvalue weighted by molar-refractivity contribution is 7.99. The first kappa shape index (κ1) is 13.2. The highest BCUT2D eigenvalue weighted by atomic mass is 32.2. The largest absolute Gasteiger partial charge is 0.480 e. The van der Waals surface area contributed by atoms with Gasteiger partial charge in [-0.05, 0) is 13.3 Å². The van der Waals surface area contributed by atoms with E-state index in [1.165, 1.54) is 6.92 Å². The number of thioether (sulfide) groups is 1. The van der Waals surface area contributed by atoms with Crippen molar-refractivity contribution < 1.29 is 14.7 Å². The molecule has 92 valence electrons. The molecular formula is C10H18N2O3S. The Morgan fingerprint density at radius 1 is 1.44 bits per heavy atom. The van der Waals surface area contributed by atoms with Gasteiger partial charge in [0.05, 0.1) is 0 Å². The normalized spacial score (nSPS) is 20.0. The standard InChI is InChI=1S/C10H18N2O3S/c1-3-10(2,8(13)14)11-9(15)12-4-6-16-7-5-12/h3-7H2,1-2H3,(H,11,15)(H,13,14). The summed E-state index contributed by atoms with van der Waals surface area (Å²) in [5.74, 6) is 0.849. The first-order chi connectivity index (χ1) is 7.49. The summed E-state index contributed by atoms with van der Waals surface area (Å²) in [5.41, 5.74) is -1.17. The van der Waals surface area contributed by atoms with Crippen molar-refractivity contribution in [2.24, 2.45) is 0 Å². The summed E-state index contributed by atoms with van der Waals surface area (Å²) >= 11 is 1.81. The lowest BCUT2D eigenvalue weighted by Gasteiger charge is -2.31. The third-order valence-electron chi connectivity index (χ3n) is 2.86. The third kappa shape index (κ3) is 3.04. The van der Waals surface area contributed by atoms with Crippen LogP contribution in [-0.4, -0.2) is 52.1 Å². The molecule has 5 nitrogen and oxygen atoms in total. The number of rotatable bonds is 3. The highest BCUT2D eigenvalue weighted by Gasteiger charge is 2.34. The second-order valence-corrected chi connectivity index (χ2v) is 5.25. The zero-order valence-electron chi connectivity index (χ0n) is 9.65. The molecular weight excluding hydrogens is 228 g/mol. The number of nitrogens with one attached hydrogen (secondary N) is 1. The van der Waals surface area contributed by atoms with Crippen LogP contribution in [0.5, 0.6) is 0 Å². The van der Waals surface area contributed by atoms with E-state index < -0.39 is 11.5 Å². The Balaban J connectivity index is 2.57. The van der Waals surface area contributed by atoms with Crippen LogP contribution in [0, 0.1) is 0 Å². The molecule has 1 unspecified atom stereocenters. The Labute approximate surface area is 99.6 Å². The molecule has 1 atom stereocenters. The molecule has 1 heterocycles. The fraction of sp³-hybridized carbons (Fsp3) is 0.800. The van der Waals surface area contributed by atoms with E-state index in [4.69, 9.17) is 5.11 Å². The quantitative estimate of drug-likeness (QED) is 0.779. The molecule has 1 aliphatic rings. The Kier molecular flexibility index (Phi) is 4.46. The van der Waals surface area contributed by atoms with Crippen LogP contribution in [0.1, 0.15) is 20.3 Å². The Bertz CT molecular complexity index is 279. The van der Waals surface area contributed by atoms with Crippen LogP contribution < -0.4 is 5.32 Å². The van der Waals surface area contributed by atoms with Gasteiger partial charge in [-0.3, -0.25) is 0 Å². The average molecular weight is 246 g/mol. The number of carbonyl (C=O) groups excluding carboxylic acids is 1. The summed E-state index contributed by atoms with van der Waals surface area (Å²) in [5, 5.41) is 11.6. The SMILES string of the molecule is CCC(C)(NC(=O)N1CCSCC1)C(=O)O. The summed E-state index contributed by atoms with van der Waals surface area (Å²) in [6, 6.07) is -0.271. The van der Waals surface area contributed by atoms with Crippen LogP contribution in [0.4, 0.5) is 4.79 Å². The van der Waals surface area contributed by atoms with E-state index in [0.29, 0.717) is 19.5 Å². The summed E-state index contributed by atoms with van der Waals surface area (Å²) in [6.45, 7) is 4.66. The molecule has 0 bridgehead atoms. The molecule has 1 aliphatic heterocycles. The number of hydrogen-bond donors (Lipinski definition) is 2. The molecule has 2 amide bonds. The van der Waals surface area contributed by atoms with Gasteiger partial charge in [-0.15, -0.1) is 0 Å². The van der Waals surface area contributed by atoms with E-state index in [2.05, 4.69) is 5.32 Å². The smallest absolute Gasteiger partial charge is 0.329 e. The molecule has 1 rings (SSSR count). The van der Waals surface area contributed by atoms with Gasteiger partial charge < -0.3 is 15.3 Å². The van der Waals surface area contributed by atoms with Crippen molar-refractivity contribution in [3.8, 4) is 0 Å². The van der Waals surface area contributed by atoms with Gasteiger partial charge in [-0.25, -0.2) is 9.59 Å². The summed E-state index contributed by atoms with van der Waals surface area (Å²) in [4.78, 5) is 24.5. The average Bonchev–Trinajstić information content (AvgIpc) is 2.29. The summed E-state index contributed by atoms with van der Waals surface area (Å²) < 4.78 is 0. The molecule has 1 saturated heterocycles. The Morgan fingerprint density at radius 3 is 2.44 bits per heavy atom. The molecule has 1 fully saturated rings. The van der Waals surface area contributed by atoms with Gasteiger partial charge in [0.25, 0.3) is 0 Å². The second-order valence-electron chi connectivity index (χ2n) is 4.02.